The van der Waals surface area contributed by atoms with Crippen LogP contribution in [-0.2, 0) is 70.9 Å². The second kappa shape index (κ2) is 28.8. The molecule has 7 rings (SSSR count). The third kappa shape index (κ3) is 19.1. The van der Waals surface area contributed by atoms with Crippen LogP contribution in [-0.4, -0.2) is 80.6 Å². The molecule has 6 aromatic rings. The van der Waals surface area contributed by atoms with Crippen LogP contribution < -0.4 is 26.0 Å². The average Bonchev–Trinajstić information content (AvgIpc) is 3.55. The molecule has 432 valence electrons. The fourth-order valence-corrected chi connectivity index (χ4v) is 9.57. The van der Waals surface area contributed by atoms with Crippen LogP contribution in [0, 0.1) is 5.82 Å². The van der Waals surface area contributed by atoms with E-state index in [0.29, 0.717) is 34.0 Å². The van der Waals surface area contributed by atoms with Gasteiger partial charge in [-0.1, -0.05) is 153 Å². The largest absolute Gasteiger partial charge is 0.489 e. The molecule has 1 aliphatic rings. The summed E-state index contributed by atoms with van der Waals surface area (Å²) in [5, 5.41) is 10.9. The van der Waals surface area contributed by atoms with Crippen molar-refractivity contribution in [2.75, 3.05) is 13.2 Å². The zero-order chi connectivity index (χ0) is 58.7. The lowest BCUT2D eigenvalue weighted by Crippen LogP contribution is -2.53. The monoisotopic (exact) mass is 1140 g/mol. The van der Waals surface area contributed by atoms with Gasteiger partial charge in [0.25, 0.3) is 0 Å². The van der Waals surface area contributed by atoms with Crippen molar-refractivity contribution >= 4 is 44.2 Å². The van der Waals surface area contributed by atoms with E-state index >= 15 is 4.39 Å². The number of hydrogen-bond acceptors (Lipinski definition) is 12. The van der Waals surface area contributed by atoms with Gasteiger partial charge in [0.1, 0.15) is 61.2 Å². The molecule has 1 fully saturated rings. The number of carbonyl (C=O) groups is 6. The average molecular weight is 1140 g/mol. The molecule has 0 aliphatic heterocycles. The molecule has 82 heavy (non-hydrogen) atoms. The summed E-state index contributed by atoms with van der Waals surface area (Å²) in [7, 11) is -1.63. The topological polar surface area (TPSA) is 206 Å². The van der Waals surface area contributed by atoms with Gasteiger partial charge in [-0.05, 0) is 109 Å². The Morgan fingerprint density at radius 1 is 0.622 bits per heavy atom. The van der Waals surface area contributed by atoms with Crippen LogP contribution in [0.25, 0.3) is 11.1 Å². The van der Waals surface area contributed by atoms with Crippen LogP contribution in [0.3, 0.4) is 0 Å². The second-order valence-corrected chi connectivity index (χ2v) is 28.0. The number of alkyl carbamates (subject to hydrolysis) is 3. The first-order chi connectivity index (χ1) is 39.2. The number of nitrogens with one attached hydrogen (secondary N) is 4. The van der Waals surface area contributed by atoms with Crippen molar-refractivity contribution in [3.8, 4) is 16.9 Å². The van der Waals surface area contributed by atoms with E-state index in [9.17, 15) is 28.8 Å². The quantitative estimate of drug-likeness (QED) is 0.0173. The lowest BCUT2D eigenvalue weighted by Gasteiger charge is -2.25. The number of hydrogen-bond donors (Lipinski definition) is 4. The minimum atomic E-state index is -1.63. The summed E-state index contributed by atoms with van der Waals surface area (Å²) in [4.78, 5) is 82.2. The van der Waals surface area contributed by atoms with Crippen molar-refractivity contribution in [2.24, 2.45) is 0 Å². The Balaban J connectivity index is 1.16. The lowest BCUT2D eigenvalue weighted by atomic mass is 9.95. The van der Waals surface area contributed by atoms with E-state index in [1.54, 1.807) is 69.3 Å². The molecular weight excluding hydrogens is 1060 g/mol. The molecule has 0 radical (unpaired) electrons. The van der Waals surface area contributed by atoms with Gasteiger partial charge in [0.05, 0.1) is 6.61 Å². The molecule has 4 amide bonds. The molecule has 6 aromatic carbocycles. The molecule has 0 saturated heterocycles. The summed E-state index contributed by atoms with van der Waals surface area (Å²) in [5.41, 5.74) is 2.37. The van der Waals surface area contributed by atoms with Crippen molar-refractivity contribution < 1.29 is 61.6 Å². The summed E-state index contributed by atoms with van der Waals surface area (Å²) in [6.45, 7) is 11.8. The van der Waals surface area contributed by atoms with Crippen molar-refractivity contribution in [3.05, 3.63) is 197 Å². The number of carbonyl (C=O) groups excluding carboxylic acids is 6. The molecule has 2 unspecified atom stereocenters. The highest BCUT2D eigenvalue weighted by Crippen LogP contribution is 2.55. The highest BCUT2D eigenvalue weighted by Gasteiger charge is 2.64. The standard InChI is InChI=1S/C64H73FN4O12Si/c1-63(2,3)81-61(74)68-54(28-19-33-66-60(73)79-42-46-24-15-9-16-25-46)57(70)67-55(58(71)78-41-45-22-13-8-14-23-45)38-50-36-48(29-31-53(50)65)49-30-32-56(77-40-44-20-11-7-12-21-44)51(37-49)52-39-64(52,59(72)76-34-35-82(4,5)6)69-62(75)80-43-47-26-17-10-18-27-47/h7-18,20-27,29-32,36-37,52,54-55H,19,28,33-35,38-43H2,1-6H3,(H,66,73)(H,67,70)(H,68,74)(H,69,75)/t52-,54-,55?,64?/m0/s1. The highest BCUT2D eigenvalue weighted by atomic mass is 28.3. The molecule has 1 saturated carbocycles. The van der Waals surface area contributed by atoms with Crippen molar-refractivity contribution in [1.29, 1.82) is 0 Å². The summed E-state index contributed by atoms with van der Waals surface area (Å²) >= 11 is 0. The minimum Gasteiger partial charge on any atom is -0.489 e. The normalized spacial score (nSPS) is 15.3. The third-order valence-corrected chi connectivity index (χ3v) is 15.1. The van der Waals surface area contributed by atoms with Gasteiger partial charge in [-0.25, -0.2) is 28.4 Å². The fourth-order valence-electron chi connectivity index (χ4n) is 8.86. The zero-order valence-electron chi connectivity index (χ0n) is 47.3. The third-order valence-electron chi connectivity index (χ3n) is 13.4. The fraction of sp³-hybridized carbons (Fsp3) is 0.344. The maximum atomic E-state index is 16.3. The van der Waals surface area contributed by atoms with Gasteiger partial charge < -0.3 is 49.7 Å². The molecular formula is C64H73FN4O12Si. The SMILES string of the molecule is CC(C)(C)OC(=O)N[C@@H](CCCNC(=O)OCc1ccccc1)C(=O)NC(Cc1cc(-c2ccc(OCc3ccccc3)c([C@@H]3CC3(NC(=O)OCc3ccccc3)C(=O)OCC[Si](C)(C)C)c2)ccc1F)C(=O)OCc1ccccc1. The maximum absolute atomic E-state index is 16.3. The van der Waals surface area contributed by atoms with E-state index in [1.165, 1.54) is 6.07 Å². The van der Waals surface area contributed by atoms with E-state index in [4.69, 9.17) is 28.4 Å². The van der Waals surface area contributed by atoms with Crippen LogP contribution in [0.5, 0.6) is 5.75 Å². The Morgan fingerprint density at radius 3 is 1.73 bits per heavy atom. The van der Waals surface area contributed by atoms with Crippen LogP contribution in [0.2, 0.25) is 25.7 Å². The highest BCUT2D eigenvalue weighted by molar-refractivity contribution is 6.76. The Bertz CT molecular complexity index is 3110. The molecule has 4 N–H and O–H groups in total. The van der Waals surface area contributed by atoms with Crippen molar-refractivity contribution in [2.45, 2.75) is 128 Å². The van der Waals surface area contributed by atoms with Crippen molar-refractivity contribution in [1.82, 2.24) is 21.3 Å². The molecule has 1 aliphatic carbocycles. The smallest absolute Gasteiger partial charge is 0.408 e. The van der Waals surface area contributed by atoms with E-state index in [1.807, 2.05) is 103 Å². The first-order valence-corrected chi connectivity index (χ1v) is 31.1. The number of ether oxygens (including phenoxy) is 6. The number of rotatable bonds is 26. The van der Waals surface area contributed by atoms with Gasteiger partial charge in [0.15, 0.2) is 0 Å². The predicted octanol–water partition coefficient (Wildman–Crippen LogP) is 11.5. The molecule has 18 heteroatoms. The van der Waals surface area contributed by atoms with E-state index < -0.39 is 79.2 Å². The minimum absolute atomic E-state index is 0.0179. The summed E-state index contributed by atoms with van der Waals surface area (Å²) in [6.07, 6.45) is -2.44. The van der Waals surface area contributed by atoms with Gasteiger partial charge in [-0.2, -0.15) is 0 Å². The predicted molar refractivity (Wildman–Crippen MR) is 310 cm³/mol. The first kappa shape index (κ1) is 61.1. The van der Waals surface area contributed by atoms with Crippen LogP contribution >= 0.6 is 0 Å². The molecule has 0 heterocycles. The van der Waals surface area contributed by atoms with Crippen LogP contribution in [0.1, 0.15) is 79.3 Å². The Kier molecular flexibility index (Phi) is 21.4. The first-order valence-electron chi connectivity index (χ1n) is 27.4. The lowest BCUT2D eigenvalue weighted by molar-refractivity contribution is -0.149. The van der Waals surface area contributed by atoms with Gasteiger partial charge in [0, 0.05) is 32.5 Å². The number of benzene rings is 6. The van der Waals surface area contributed by atoms with Gasteiger partial charge >= 0.3 is 30.2 Å². The van der Waals surface area contributed by atoms with E-state index in [2.05, 4.69) is 40.9 Å². The van der Waals surface area contributed by atoms with Crippen molar-refractivity contribution in [3.63, 3.8) is 0 Å². The second-order valence-electron chi connectivity index (χ2n) is 22.4. The number of halogens is 1. The Labute approximate surface area is 479 Å². The van der Waals surface area contributed by atoms with Gasteiger partial charge in [-0.15, -0.1) is 0 Å². The number of esters is 2. The molecule has 0 bridgehead atoms. The Hall–Kier alpha value is -8.51. The summed E-state index contributed by atoms with van der Waals surface area (Å²) in [5.74, 6) is -3.17. The van der Waals surface area contributed by atoms with E-state index in [-0.39, 0.29) is 70.8 Å². The molecule has 0 spiro atoms. The Morgan fingerprint density at radius 2 is 1.16 bits per heavy atom. The van der Waals surface area contributed by atoms with Crippen LogP contribution in [0.4, 0.5) is 18.8 Å². The number of amides is 4. The molecule has 16 nitrogen and oxygen atoms in total. The molecule has 4 atom stereocenters. The molecule has 0 aromatic heterocycles. The maximum Gasteiger partial charge on any atom is 0.408 e. The summed E-state index contributed by atoms with van der Waals surface area (Å²) in [6, 6.07) is 44.5. The van der Waals surface area contributed by atoms with Crippen LogP contribution in [0.15, 0.2) is 158 Å². The van der Waals surface area contributed by atoms with E-state index in [0.717, 1.165) is 16.7 Å². The van der Waals surface area contributed by atoms with Gasteiger partial charge in [0.2, 0.25) is 5.91 Å². The zero-order valence-corrected chi connectivity index (χ0v) is 48.3. The summed E-state index contributed by atoms with van der Waals surface area (Å²) < 4.78 is 50.9. The van der Waals surface area contributed by atoms with Gasteiger partial charge in [-0.3, -0.25) is 4.79 Å².